The molecule has 0 bridgehead atoms. The van der Waals surface area contributed by atoms with Crippen LogP contribution in [0.3, 0.4) is 0 Å². The SMILES string of the molecule is CCNCc1oc(CN(CC)CCOC)cc1C. The molecule has 0 aromatic carbocycles. The third-order valence-electron chi connectivity index (χ3n) is 3.05. The van der Waals surface area contributed by atoms with Crippen LogP contribution in [0.2, 0.25) is 0 Å². The monoisotopic (exact) mass is 254 g/mol. The van der Waals surface area contributed by atoms with E-state index in [0.717, 1.165) is 50.9 Å². The Kier molecular flexibility index (Phi) is 7.01. The molecule has 0 saturated heterocycles. The molecule has 1 rings (SSSR count). The second-order valence-corrected chi connectivity index (χ2v) is 4.46. The fourth-order valence-electron chi connectivity index (χ4n) is 1.87. The van der Waals surface area contributed by atoms with Gasteiger partial charge in [0.2, 0.25) is 0 Å². The molecule has 18 heavy (non-hydrogen) atoms. The zero-order valence-electron chi connectivity index (χ0n) is 12.1. The molecule has 0 aliphatic heterocycles. The molecular weight excluding hydrogens is 228 g/mol. The summed E-state index contributed by atoms with van der Waals surface area (Å²) in [5, 5.41) is 3.29. The van der Waals surface area contributed by atoms with Crippen molar-refractivity contribution in [3.63, 3.8) is 0 Å². The quantitative estimate of drug-likeness (QED) is 0.733. The van der Waals surface area contributed by atoms with Gasteiger partial charge in [-0.25, -0.2) is 0 Å². The molecule has 4 heteroatoms. The molecule has 0 radical (unpaired) electrons. The Labute approximate surface area is 110 Å². The Morgan fingerprint density at radius 3 is 2.78 bits per heavy atom. The predicted octanol–water partition coefficient (Wildman–Crippen LogP) is 2.17. The minimum Gasteiger partial charge on any atom is -0.463 e. The lowest BCUT2D eigenvalue weighted by molar-refractivity contribution is 0.142. The van der Waals surface area contributed by atoms with Crippen molar-refractivity contribution in [1.82, 2.24) is 10.2 Å². The summed E-state index contributed by atoms with van der Waals surface area (Å²) in [7, 11) is 1.74. The highest BCUT2D eigenvalue weighted by atomic mass is 16.5. The van der Waals surface area contributed by atoms with Crippen molar-refractivity contribution in [1.29, 1.82) is 0 Å². The second kappa shape index (κ2) is 8.29. The average Bonchev–Trinajstić information content (AvgIpc) is 2.72. The molecule has 0 atom stereocenters. The lowest BCUT2D eigenvalue weighted by Gasteiger charge is -2.18. The number of ether oxygens (including phenoxy) is 1. The van der Waals surface area contributed by atoms with Gasteiger partial charge in [-0.2, -0.15) is 0 Å². The number of nitrogens with zero attached hydrogens (tertiary/aromatic N) is 1. The smallest absolute Gasteiger partial charge is 0.120 e. The Balaban J connectivity index is 2.54. The van der Waals surface area contributed by atoms with Crippen LogP contribution in [0.1, 0.15) is 30.9 Å². The van der Waals surface area contributed by atoms with Crippen LogP contribution < -0.4 is 5.32 Å². The maximum Gasteiger partial charge on any atom is 0.120 e. The Hall–Kier alpha value is -0.840. The van der Waals surface area contributed by atoms with E-state index in [0.29, 0.717) is 0 Å². The highest BCUT2D eigenvalue weighted by molar-refractivity contribution is 5.20. The molecule has 4 nitrogen and oxygen atoms in total. The van der Waals surface area contributed by atoms with E-state index in [9.17, 15) is 0 Å². The average molecular weight is 254 g/mol. The van der Waals surface area contributed by atoms with Gasteiger partial charge in [-0.3, -0.25) is 4.90 Å². The summed E-state index contributed by atoms with van der Waals surface area (Å²) in [6.07, 6.45) is 0. The van der Waals surface area contributed by atoms with Crippen molar-refractivity contribution in [2.24, 2.45) is 0 Å². The van der Waals surface area contributed by atoms with Crippen LogP contribution in [-0.2, 0) is 17.8 Å². The van der Waals surface area contributed by atoms with Crippen LogP contribution in [-0.4, -0.2) is 38.3 Å². The van der Waals surface area contributed by atoms with Crippen molar-refractivity contribution in [3.05, 3.63) is 23.2 Å². The summed E-state index contributed by atoms with van der Waals surface area (Å²) < 4.78 is 11.0. The van der Waals surface area contributed by atoms with Gasteiger partial charge >= 0.3 is 0 Å². The summed E-state index contributed by atoms with van der Waals surface area (Å²) in [4.78, 5) is 2.32. The van der Waals surface area contributed by atoms with E-state index >= 15 is 0 Å². The van der Waals surface area contributed by atoms with Crippen molar-refractivity contribution < 1.29 is 9.15 Å². The lowest BCUT2D eigenvalue weighted by Crippen LogP contribution is -2.26. The van der Waals surface area contributed by atoms with Crippen molar-refractivity contribution >= 4 is 0 Å². The first-order valence-corrected chi connectivity index (χ1v) is 6.71. The lowest BCUT2D eigenvalue weighted by atomic mass is 10.2. The van der Waals surface area contributed by atoms with E-state index in [4.69, 9.17) is 9.15 Å². The number of hydrogen-bond acceptors (Lipinski definition) is 4. The molecule has 0 saturated carbocycles. The van der Waals surface area contributed by atoms with E-state index in [-0.39, 0.29) is 0 Å². The van der Waals surface area contributed by atoms with Crippen LogP contribution in [0.4, 0.5) is 0 Å². The first-order valence-electron chi connectivity index (χ1n) is 6.71. The second-order valence-electron chi connectivity index (χ2n) is 4.46. The number of hydrogen-bond donors (Lipinski definition) is 1. The first-order chi connectivity index (χ1) is 8.71. The van der Waals surface area contributed by atoms with Gasteiger partial charge in [-0.15, -0.1) is 0 Å². The summed E-state index contributed by atoms with van der Waals surface area (Å²) in [6, 6.07) is 2.14. The van der Waals surface area contributed by atoms with Gasteiger partial charge in [0.25, 0.3) is 0 Å². The van der Waals surface area contributed by atoms with E-state index in [1.54, 1.807) is 7.11 Å². The summed E-state index contributed by atoms with van der Waals surface area (Å²) in [6.45, 7) is 11.7. The third kappa shape index (κ3) is 4.80. The number of nitrogens with one attached hydrogen (secondary N) is 1. The maximum absolute atomic E-state index is 5.88. The van der Waals surface area contributed by atoms with E-state index < -0.39 is 0 Å². The van der Waals surface area contributed by atoms with Gasteiger partial charge in [-0.05, 0) is 31.6 Å². The number of likely N-dealkylation sites (N-methyl/N-ethyl adjacent to an activating group) is 1. The van der Waals surface area contributed by atoms with E-state index in [1.165, 1.54) is 5.56 Å². The number of furan rings is 1. The van der Waals surface area contributed by atoms with Gasteiger partial charge in [0.1, 0.15) is 11.5 Å². The molecule has 0 amide bonds. The molecular formula is C14H26N2O2. The van der Waals surface area contributed by atoms with Gasteiger partial charge in [-0.1, -0.05) is 13.8 Å². The fraction of sp³-hybridized carbons (Fsp3) is 0.714. The zero-order chi connectivity index (χ0) is 13.4. The number of aryl methyl sites for hydroxylation is 1. The molecule has 0 fully saturated rings. The standard InChI is InChI=1S/C14H26N2O2/c1-5-15-10-14-12(3)9-13(18-14)11-16(6-2)7-8-17-4/h9,15H,5-8,10-11H2,1-4H3. The molecule has 0 aliphatic rings. The first kappa shape index (κ1) is 15.2. The predicted molar refractivity (Wildman–Crippen MR) is 73.7 cm³/mol. The minimum absolute atomic E-state index is 0.762. The normalized spacial score (nSPS) is 11.4. The number of rotatable bonds is 9. The summed E-state index contributed by atoms with van der Waals surface area (Å²) >= 11 is 0. The van der Waals surface area contributed by atoms with Gasteiger partial charge in [0.05, 0.1) is 19.7 Å². The van der Waals surface area contributed by atoms with Crippen molar-refractivity contribution in [2.75, 3.05) is 33.4 Å². The molecule has 0 spiro atoms. The van der Waals surface area contributed by atoms with Gasteiger partial charge in [0, 0.05) is 13.7 Å². The zero-order valence-corrected chi connectivity index (χ0v) is 12.1. The van der Waals surface area contributed by atoms with E-state index in [2.05, 4.69) is 37.1 Å². The van der Waals surface area contributed by atoms with Crippen molar-refractivity contribution in [3.8, 4) is 0 Å². The molecule has 1 N–H and O–H groups in total. The minimum atomic E-state index is 0.762. The van der Waals surface area contributed by atoms with Crippen LogP contribution in [0.15, 0.2) is 10.5 Å². The molecule has 1 heterocycles. The highest BCUT2D eigenvalue weighted by Crippen LogP contribution is 2.16. The summed E-state index contributed by atoms with van der Waals surface area (Å²) in [5.74, 6) is 2.09. The Morgan fingerprint density at radius 1 is 1.39 bits per heavy atom. The van der Waals surface area contributed by atoms with Crippen LogP contribution >= 0.6 is 0 Å². The number of methoxy groups -OCH3 is 1. The Morgan fingerprint density at radius 2 is 2.17 bits per heavy atom. The van der Waals surface area contributed by atoms with Gasteiger partial charge < -0.3 is 14.5 Å². The summed E-state index contributed by atoms with van der Waals surface area (Å²) in [5.41, 5.74) is 1.23. The Bertz CT molecular complexity index is 337. The van der Waals surface area contributed by atoms with E-state index in [1.807, 2.05) is 0 Å². The largest absolute Gasteiger partial charge is 0.463 e. The molecule has 0 unspecified atom stereocenters. The maximum atomic E-state index is 5.88. The van der Waals surface area contributed by atoms with Crippen LogP contribution in [0.5, 0.6) is 0 Å². The highest BCUT2D eigenvalue weighted by Gasteiger charge is 2.10. The van der Waals surface area contributed by atoms with Crippen LogP contribution in [0.25, 0.3) is 0 Å². The molecule has 104 valence electrons. The van der Waals surface area contributed by atoms with Crippen LogP contribution in [0, 0.1) is 6.92 Å². The fourth-order valence-corrected chi connectivity index (χ4v) is 1.87. The third-order valence-corrected chi connectivity index (χ3v) is 3.05. The molecule has 1 aromatic heterocycles. The molecule has 1 aromatic rings. The van der Waals surface area contributed by atoms with Gasteiger partial charge in [0.15, 0.2) is 0 Å². The van der Waals surface area contributed by atoms with Crippen molar-refractivity contribution in [2.45, 2.75) is 33.9 Å². The topological polar surface area (TPSA) is 37.6 Å². The molecule has 0 aliphatic carbocycles.